The molecule has 28 heavy (non-hydrogen) atoms. The zero-order valence-electron chi connectivity index (χ0n) is 18.1. The van der Waals surface area contributed by atoms with E-state index >= 15 is 0 Å². The molecule has 0 radical (unpaired) electrons. The van der Waals surface area contributed by atoms with Crippen LogP contribution in [0, 0.1) is 0 Å². The predicted molar refractivity (Wildman–Crippen MR) is 95.2 cm³/mol. The van der Waals surface area contributed by atoms with Gasteiger partial charge in [-0.2, -0.15) is 0 Å². The van der Waals surface area contributed by atoms with E-state index in [0.717, 1.165) is 19.3 Å². The maximum absolute atomic E-state index is 11.8. The average molecular weight is 438 g/mol. The number of rotatable bonds is 17. The summed E-state index contributed by atoms with van der Waals surface area (Å²) >= 11 is 0. The Hall–Kier alpha value is 1.25. The second-order valence-corrected chi connectivity index (χ2v) is 7.83. The van der Waals surface area contributed by atoms with Gasteiger partial charge in [-0.15, -0.1) is 0 Å². The predicted octanol–water partition coefficient (Wildman–Crippen LogP) is -2.96. The van der Waals surface area contributed by atoms with Gasteiger partial charge >= 0.3 is 65.1 Å². The molecule has 0 saturated carbocycles. The fraction of sp³-hybridized carbons (Fsp3) is 0.889. The molecule has 0 rings (SSSR count). The molecule has 0 amide bonds. The molecule has 10 heteroatoms. The van der Waals surface area contributed by atoms with Crippen molar-refractivity contribution in [2.75, 3.05) is 6.61 Å². The third-order valence-corrected chi connectivity index (χ3v) is 4.48. The average Bonchev–Trinajstić information content (AvgIpc) is 2.55. The molecule has 1 atom stereocenters. The largest absolute Gasteiger partial charge is 1.00 e. The number of Topliss-reactive ketones (excluding diaryl/α,β-unsaturated/α-hetero) is 1. The van der Waals surface area contributed by atoms with Crippen molar-refractivity contribution in [3.05, 3.63) is 0 Å². The van der Waals surface area contributed by atoms with Crippen molar-refractivity contribution in [2.24, 2.45) is 0 Å². The summed E-state index contributed by atoms with van der Waals surface area (Å²) in [6.07, 6.45) is 9.77. The molecule has 0 N–H and O–H groups in total. The minimum Gasteiger partial charge on any atom is -0.790 e. The number of carbonyl (C=O) groups excluding carboxylic acids is 2. The van der Waals surface area contributed by atoms with E-state index < -0.39 is 26.5 Å². The first-order valence-corrected chi connectivity index (χ1v) is 11.1. The minimum atomic E-state index is -5.13. The molecule has 0 fully saturated rings. The summed E-state index contributed by atoms with van der Waals surface area (Å²) in [7, 11) is -5.13. The fourth-order valence-corrected chi connectivity index (χ4v) is 2.89. The quantitative estimate of drug-likeness (QED) is 0.103. The number of esters is 1. The number of ether oxygens (including phenoxy) is 1. The third kappa shape index (κ3) is 25.3. The third-order valence-electron chi connectivity index (χ3n) is 4.02. The van der Waals surface area contributed by atoms with E-state index in [2.05, 4.69) is 11.4 Å². The van der Waals surface area contributed by atoms with Crippen LogP contribution < -0.4 is 68.9 Å². The van der Waals surface area contributed by atoms with Gasteiger partial charge in [-0.05, 0) is 19.8 Å². The number of unbranched alkanes of at least 4 members (excludes halogenated alkanes) is 8. The van der Waals surface area contributed by atoms with Crippen molar-refractivity contribution in [1.82, 2.24) is 0 Å². The van der Waals surface area contributed by atoms with E-state index in [1.165, 1.54) is 39.0 Å². The molecule has 0 saturated heterocycles. The van der Waals surface area contributed by atoms with Crippen molar-refractivity contribution in [2.45, 2.75) is 97.0 Å². The Balaban J connectivity index is -0.00000312. The molecule has 154 valence electrons. The number of phosphoric acid groups is 1. The summed E-state index contributed by atoms with van der Waals surface area (Å²) in [6.45, 7) is 3.03. The van der Waals surface area contributed by atoms with Gasteiger partial charge in [-0.25, -0.2) is 0 Å². The molecule has 0 bridgehead atoms. The Bertz CT molecular complexity index is 444. The van der Waals surface area contributed by atoms with Crippen LogP contribution in [-0.4, -0.2) is 24.5 Å². The molecule has 7 nitrogen and oxygen atoms in total. The molecule has 0 aliphatic rings. The summed E-state index contributed by atoms with van der Waals surface area (Å²) in [4.78, 5) is 44.0. The Labute approximate surface area is 213 Å². The van der Waals surface area contributed by atoms with Gasteiger partial charge in [0.15, 0.2) is 0 Å². The Morgan fingerprint density at radius 2 is 1.39 bits per heavy atom. The number of carbonyl (C=O) groups is 2. The molecule has 0 unspecified atom stereocenters. The van der Waals surface area contributed by atoms with Crippen molar-refractivity contribution < 1.29 is 92.3 Å². The first kappa shape index (κ1) is 33.9. The van der Waals surface area contributed by atoms with E-state index in [9.17, 15) is 23.9 Å². The van der Waals surface area contributed by atoms with E-state index in [-0.39, 0.29) is 84.2 Å². The summed E-state index contributed by atoms with van der Waals surface area (Å²) in [5.41, 5.74) is 0. The van der Waals surface area contributed by atoms with Crippen LogP contribution in [0.1, 0.15) is 90.9 Å². The number of ketones is 1. The normalized spacial score (nSPS) is 11.9. The van der Waals surface area contributed by atoms with Crippen LogP contribution in [-0.2, 0) is 23.4 Å². The monoisotopic (exact) mass is 438 g/mol. The number of hydrogen-bond acceptors (Lipinski definition) is 7. The van der Waals surface area contributed by atoms with E-state index in [4.69, 9.17) is 4.74 Å². The number of phosphoric ester groups is 1. The van der Waals surface area contributed by atoms with E-state index in [1.54, 1.807) is 0 Å². The summed E-state index contributed by atoms with van der Waals surface area (Å²) in [5.74, 6) is -0.575. The van der Waals surface area contributed by atoms with Gasteiger partial charge in [-0.3, -0.25) is 4.79 Å². The SMILES string of the molecule is CCCCCCCCCCCC(=O)O[C@H](CCC(C)=O)COP(=O)([O-])[O-].[Na+].[Na+]. The van der Waals surface area contributed by atoms with Crippen LogP contribution in [0.4, 0.5) is 0 Å². The van der Waals surface area contributed by atoms with Gasteiger partial charge in [0.1, 0.15) is 11.9 Å². The zero-order valence-corrected chi connectivity index (χ0v) is 23.0. The standard InChI is InChI=1S/C18H35O7P.2Na/c1-3-4-5-6-7-8-9-10-11-12-18(20)25-17(14-13-16(2)19)15-24-26(21,22)23;;/h17H,3-15H2,1-2H3,(H2,21,22,23);;/q;2*+1/p-2/t17-;;/m1../s1. The summed E-state index contributed by atoms with van der Waals surface area (Å²) < 4.78 is 19.9. The maximum atomic E-state index is 11.8. The first-order chi connectivity index (χ1) is 12.2. The van der Waals surface area contributed by atoms with Crippen molar-refractivity contribution in [1.29, 1.82) is 0 Å². The molecule has 0 heterocycles. The van der Waals surface area contributed by atoms with Gasteiger partial charge in [0.05, 0.1) is 14.4 Å². The summed E-state index contributed by atoms with van der Waals surface area (Å²) in [5, 5.41) is 0. The Morgan fingerprint density at radius 3 is 1.86 bits per heavy atom. The smallest absolute Gasteiger partial charge is 0.790 e. The van der Waals surface area contributed by atoms with Gasteiger partial charge in [0, 0.05) is 12.8 Å². The topological polar surface area (TPSA) is 116 Å². The molecule has 0 spiro atoms. The van der Waals surface area contributed by atoms with Crippen LogP contribution in [0.2, 0.25) is 0 Å². The first-order valence-electron chi connectivity index (χ1n) is 9.60. The zero-order chi connectivity index (χ0) is 19.8. The molecule has 0 aliphatic carbocycles. The van der Waals surface area contributed by atoms with Gasteiger partial charge in [-0.1, -0.05) is 58.3 Å². The maximum Gasteiger partial charge on any atom is 1.00 e. The molecule has 0 aromatic rings. The van der Waals surface area contributed by atoms with Crippen LogP contribution in [0.5, 0.6) is 0 Å². The van der Waals surface area contributed by atoms with E-state index in [0.29, 0.717) is 6.42 Å². The second-order valence-electron chi connectivity index (χ2n) is 6.67. The molecule has 0 aromatic carbocycles. The molecular formula is C18H33Na2O7P. The fourth-order valence-electron chi connectivity index (χ4n) is 2.54. The van der Waals surface area contributed by atoms with Crippen molar-refractivity contribution in [3.8, 4) is 0 Å². The van der Waals surface area contributed by atoms with Crippen LogP contribution >= 0.6 is 7.82 Å². The van der Waals surface area contributed by atoms with Crippen LogP contribution in [0.15, 0.2) is 0 Å². The van der Waals surface area contributed by atoms with Crippen molar-refractivity contribution in [3.63, 3.8) is 0 Å². The summed E-state index contributed by atoms with van der Waals surface area (Å²) in [6, 6.07) is 0. The van der Waals surface area contributed by atoms with Gasteiger partial charge in [0.25, 0.3) is 0 Å². The van der Waals surface area contributed by atoms with Gasteiger partial charge in [0.2, 0.25) is 0 Å². The Kier molecular flexibility index (Phi) is 26.0. The van der Waals surface area contributed by atoms with Gasteiger partial charge < -0.3 is 28.4 Å². The van der Waals surface area contributed by atoms with Crippen LogP contribution in [0.25, 0.3) is 0 Å². The van der Waals surface area contributed by atoms with Crippen molar-refractivity contribution >= 4 is 19.6 Å². The van der Waals surface area contributed by atoms with Crippen LogP contribution in [0.3, 0.4) is 0 Å². The molecule has 0 aromatic heterocycles. The molecule has 0 aliphatic heterocycles. The number of hydrogen-bond donors (Lipinski definition) is 0. The Morgan fingerprint density at radius 1 is 0.893 bits per heavy atom. The second kappa shape index (κ2) is 21.5. The minimum absolute atomic E-state index is 0. The molecular weight excluding hydrogens is 405 g/mol. The van der Waals surface area contributed by atoms with E-state index in [1.807, 2.05) is 0 Å².